The lowest BCUT2D eigenvalue weighted by Crippen LogP contribution is -1.89. The summed E-state index contributed by atoms with van der Waals surface area (Å²) in [5, 5.41) is 7.48. The van der Waals surface area contributed by atoms with Crippen LogP contribution in [-0.2, 0) is 6.42 Å². The van der Waals surface area contributed by atoms with Gasteiger partial charge in [-0.25, -0.2) is 0 Å². The van der Waals surface area contributed by atoms with Crippen molar-refractivity contribution >= 4 is 0 Å². The highest BCUT2D eigenvalue weighted by Gasteiger charge is 1.93. The van der Waals surface area contributed by atoms with Crippen molar-refractivity contribution in [2.75, 3.05) is 0 Å². The van der Waals surface area contributed by atoms with Gasteiger partial charge >= 0.3 is 0 Å². The highest BCUT2D eigenvalue weighted by Crippen LogP contribution is 2.06. The van der Waals surface area contributed by atoms with Crippen LogP contribution in [0, 0.1) is 0 Å². The molecule has 0 aromatic carbocycles. The van der Waals surface area contributed by atoms with Crippen molar-refractivity contribution in [2.45, 2.75) is 19.8 Å². The van der Waals surface area contributed by atoms with Gasteiger partial charge in [0.25, 0.3) is 0 Å². The van der Waals surface area contributed by atoms with Gasteiger partial charge in [0.15, 0.2) is 0 Å². The molecule has 0 unspecified atom stereocenters. The minimum atomic E-state index is 0.923. The molecule has 0 saturated heterocycles. The fourth-order valence-electron chi connectivity index (χ4n) is 0.836. The molecule has 0 aliphatic rings. The summed E-state index contributed by atoms with van der Waals surface area (Å²) in [7, 11) is 0. The molecule has 1 aromatic rings. The van der Waals surface area contributed by atoms with Crippen LogP contribution in [0.2, 0.25) is 0 Å². The Labute approximate surface area is 67.0 Å². The largest absolute Gasteiger partial charge is 0.159 e. The highest BCUT2D eigenvalue weighted by molar-refractivity contribution is 5.14. The first kappa shape index (κ1) is 7.92. The number of hydrogen-bond acceptors (Lipinski definition) is 2. The summed E-state index contributed by atoms with van der Waals surface area (Å²) in [6, 6.07) is 1.97. The summed E-state index contributed by atoms with van der Waals surface area (Å²) in [6.45, 7) is 6.03. The van der Waals surface area contributed by atoms with Crippen molar-refractivity contribution < 1.29 is 0 Å². The van der Waals surface area contributed by atoms with Gasteiger partial charge in [-0.2, -0.15) is 10.2 Å². The van der Waals surface area contributed by atoms with Gasteiger partial charge in [-0.1, -0.05) is 19.1 Å². The van der Waals surface area contributed by atoms with E-state index < -0.39 is 0 Å². The lowest BCUT2D eigenvalue weighted by atomic mass is 10.1. The minimum Gasteiger partial charge on any atom is -0.159 e. The molecule has 0 fully saturated rings. The van der Waals surface area contributed by atoms with Crippen LogP contribution in [0.3, 0.4) is 0 Å². The van der Waals surface area contributed by atoms with Crippen LogP contribution in [0.4, 0.5) is 0 Å². The summed E-state index contributed by atoms with van der Waals surface area (Å²) >= 11 is 0. The Morgan fingerprint density at radius 1 is 1.55 bits per heavy atom. The maximum Gasteiger partial charge on any atom is 0.0531 e. The maximum absolute atomic E-state index is 3.92. The molecule has 0 bridgehead atoms. The highest BCUT2D eigenvalue weighted by atomic mass is 15.1. The molecule has 0 N–H and O–H groups in total. The average molecular weight is 148 g/mol. The SMILES string of the molecule is C=C(CC)Cc1ccnnc1. The zero-order valence-corrected chi connectivity index (χ0v) is 6.75. The molecule has 11 heavy (non-hydrogen) atoms. The van der Waals surface area contributed by atoms with E-state index in [9.17, 15) is 0 Å². The van der Waals surface area contributed by atoms with Gasteiger partial charge < -0.3 is 0 Å². The molecule has 1 rings (SSSR count). The zero-order valence-electron chi connectivity index (χ0n) is 6.75. The van der Waals surface area contributed by atoms with Crippen molar-refractivity contribution in [3.8, 4) is 0 Å². The van der Waals surface area contributed by atoms with Gasteiger partial charge in [0, 0.05) is 6.20 Å². The molecular weight excluding hydrogens is 136 g/mol. The molecule has 0 aliphatic heterocycles. The third-order valence-corrected chi connectivity index (χ3v) is 1.60. The summed E-state index contributed by atoms with van der Waals surface area (Å²) < 4.78 is 0. The normalized spacial score (nSPS) is 9.55. The third-order valence-electron chi connectivity index (χ3n) is 1.60. The Morgan fingerprint density at radius 3 is 2.91 bits per heavy atom. The number of hydrogen-bond donors (Lipinski definition) is 0. The molecule has 2 nitrogen and oxygen atoms in total. The van der Waals surface area contributed by atoms with Crippen molar-refractivity contribution in [3.63, 3.8) is 0 Å². The van der Waals surface area contributed by atoms with E-state index in [1.807, 2.05) is 6.07 Å². The van der Waals surface area contributed by atoms with Gasteiger partial charge in [-0.3, -0.25) is 0 Å². The molecule has 1 heterocycles. The second-order valence-corrected chi connectivity index (χ2v) is 2.53. The molecule has 0 saturated carbocycles. The van der Waals surface area contributed by atoms with Crippen molar-refractivity contribution in [1.82, 2.24) is 10.2 Å². The van der Waals surface area contributed by atoms with Crippen molar-refractivity contribution in [3.05, 3.63) is 36.2 Å². The van der Waals surface area contributed by atoms with Crippen LogP contribution < -0.4 is 0 Å². The third kappa shape index (κ3) is 2.50. The second-order valence-electron chi connectivity index (χ2n) is 2.53. The van der Waals surface area contributed by atoms with E-state index in [0.717, 1.165) is 12.8 Å². The lowest BCUT2D eigenvalue weighted by Gasteiger charge is -1.99. The van der Waals surface area contributed by atoms with Crippen LogP contribution in [0.25, 0.3) is 0 Å². The smallest absolute Gasteiger partial charge is 0.0531 e. The van der Waals surface area contributed by atoms with Gasteiger partial charge in [0.1, 0.15) is 0 Å². The van der Waals surface area contributed by atoms with Crippen LogP contribution in [0.5, 0.6) is 0 Å². The molecular formula is C9H12N2. The number of rotatable bonds is 3. The Hall–Kier alpha value is -1.18. The topological polar surface area (TPSA) is 25.8 Å². The predicted octanol–water partition coefficient (Wildman–Crippen LogP) is 1.99. The molecule has 1 aromatic heterocycles. The molecule has 0 atom stereocenters. The predicted molar refractivity (Wildman–Crippen MR) is 45.2 cm³/mol. The Morgan fingerprint density at radius 2 is 2.36 bits per heavy atom. The maximum atomic E-state index is 3.92. The first-order valence-electron chi connectivity index (χ1n) is 3.75. The summed E-state index contributed by atoms with van der Waals surface area (Å²) in [6.07, 6.45) is 5.44. The van der Waals surface area contributed by atoms with Crippen molar-refractivity contribution in [2.24, 2.45) is 0 Å². The van der Waals surface area contributed by atoms with Gasteiger partial charge in [-0.05, 0) is 24.5 Å². The summed E-state index contributed by atoms with van der Waals surface area (Å²) in [5.41, 5.74) is 2.42. The van der Waals surface area contributed by atoms with E-state index in [0.29, 0.717) is 0 Å². The number of nitrogens with zero attached hydrogens (tertiary/aromatic N) is 2. The molecule has 0 amide bonds. The fraction of sp³-hybridized carbons (Fsp3) is 0.333. The molecule has 0 aliphatic carbocycles. The number of aromatic nitrogens is 2. The minimum absolute atomic E-state index is 0.923. The first-order chi connectivity index (χ1) is 5.33. The van der Waals surface area contributed by atoms with E-state index in [2.05, 4.69) is 23.7 Å². The Kier molecular flexibility index (Phi) is 2.78. The van der Waals surface area contributed by atoms with E-state index in [1.54, 1.807) is 12.4 Å². The summed E-state index contributed by atoms with van der Waals surface area (Å²) in [4.78, 5) is 0. The number of allylic oxidation sites excluding steroid dienone is 1. The van der Waals surface area contributed by atoms with Crippen LogP contribution in [0.15, 0.2) is 30.6 Å². The monoisotopic (exact) mass is 148 g/mol. The summed E-state index contributed by atoms with van der Waals surface area (Å²) in [5.74, 6) is 0. The Bertz CT molecular complexity index is 229. The fourth-order valence-corrected chi connectivity index (χ4v) is 0.836. The quantitative estimate of drug-likeness (QED) is 0.612. The van der Waals surface area contributed by atoms with Crippen LogP contribution >= 0.6 is 0 Å². The molecule has 2 heteroatoms. The van der Waals surface area contributed by atoms with E-state index in [-0.39, 0.29) is 0 Å². The van der Waals surface area contributed by atoms with Gasteiger partial charge in [-0.15, -0.1) is 0 Å². The van der Waals surface area contributed by atoms with Crippen LogP contribution in [-0.4, -0.2) is 10.2 Å². The van der Waals surface area contributed by atoms with E-state index >= 15 is 0 Å². The van der Waals surface area contributed by atoms with Gasteiger partial charge in [0.05, 0.1) is 6.20 Å². The Balaban J connectivity index is 2.58. The second kappa shape index (κ2) is 3.86. The first-order valence-corrected chi connectivity index (χ1v) is 3.75. The molecule has 0 radical (unpaired) electrons. The van der Waals surface area contributed by atoms with Crippen molar-refractivity contribution in [1.29, 1.82) is 0 Å². The average Bonchev–Trinajstić information content (AvgIpc) is 2.06. The van der Waals surface area contributed by atoms with E-state index in [4.69, 9.17) is 0 Å². The lowest BCUT2D eigenvalue weighted by molar-refractivity contribution is 0.959. The zero-order chi connectivity index (χ0) is 8.10. The molecule has 58 valence electrons. The van der Waals surface area contributed by atoms with E-state index in [1.165, 1.54) is 11.1 Å². The molecule has 0 spiro atoms. The van der Waals surface area contributed by atoms with Gasteiger partial charge in [0.2, 0.25) is 0 Å². The standard InChI is InChI=1S/C9H12N2/c1-3-8(2)6-9-4-5-10-11-7-9/h4-5,7H,2-3,6H2,1H3. The van der Waals surface area contributed by atoms with Crippen LogP contribution in [0.1, 0.15) is 18.9 Å².